The van der Waals surface area contributed by atoms with Crippen molar-refractivity contribution < 1.29 is 9.53 Å². The lowest BCUT2D eigenvalue weighted by Gasteiger charge is -2.30. The van der Waals surface area contributed by atoms with Gasteiger partial charge in [0.2, 0.25) is 5.91 Å². The van der Waals surface area contributed by atoms with E-state index < -0.39 is 0 Å². The summed E-state index contributed by atoms with van der Waals surface area (Å²) >= 11 is 0. The van der Waals surface area contributed by atoms with Crippen LogP contribution >= 0.6 is 0 Å². The molecule has 1 unspecified atom stereocenters. The van der Waals surface area contributed by atoms with E-state index in [1.807, 2.05) is 10.9 Å². The number of rotatable bonds is 7. The molecule has 0 aromatic carbocycles. The summed E-state index contributed by atoms with van der Waals surface area (Å²) in [6.07, 6.45) is 14.0. The first-order valence-corrected chi connectivity index (χ1v) is 10.5. The number of carbonyl (C=O) groups is 1. The van der Waals surface area contributed by atoms with E-state index in [-0.39, 0.29) is 17.9 Å². The Morgan fingerprint density at radius 2 is 2.07 bits per heavy atom. The summed E-state index contributed by atoms with van der Waals surface area (Å²) in [7, 11) is 1.72. The van der Waals surface area contributed by atoms with Gasteiger partial charge in [0.25, 0.3) is 0 Å². The first-order chi connectivity index (χ1) is 14.2. The second kappa shape index (κ2) is 9.45. The molecule has 2 aromatic rings. The zero-order valence-corrected chi connectivity index (χ0v) is 17.0. The summed E-state index contributed by atoms with van der Waals surface area (Å²) in [5, 5.41) is 7.84. The van der Waals surface area contributed by atoms with Gasteiger partial charge in [-0.1, -0.05) is 0 Å². The van der Waals surface area contributed by atoms with Crippen LogP contribution in [-0.2, 0) is 9.53 Å². The number of aromatic nitrogens is 4. The molecular formula is C21H30N6O2. The molecule has 29 heavy (non-hydrogen) atoms. The largest absolute Gasteiger partial charge is 0.383 e. The number of nitrogens with zero attached hydrogens (tertiary/aromatic N) is 5. The van der Waals surface area contributed by atoms with Gasteiger partial charge in [-0.15, -0.1) is 0 Å². The van der Waals surface area contributed by atoms with Gasteiger partial charge in [-0.2, -0.15) is 5.10 Å². The summed E-state index contributed by atoms with van der Waals surface area (Å²) in [6.45, 7) is 3.47. The van der Waals surface area contributed by atoms with Gasteiger partial charge in [0.15, 0.2) is 0 Å². The van der Waals surface area contributed by atoms with Crippen LogP contribution in [-0.4, -0.2) is 69.9 Å². The van der Waals surface area contributed by atoms with Crippen LogP contribution in [0.3, 0.4) is 0 Å². The molecule has 0 bridgehead atoms. The van der Waals surface area contributed by atoms with Crippen LogP contribution in [0, 0.1) is 5.92 Å². The Balaban J connectivity index is 1.24. The molecule has 1 aliphatic carbocycles. The predicted octanol–water partition coefficient (Wildman–Crippen LogP) is 1.91. The molecule has 1 saturated heterocycles. The monoisotopic (exact) mass is 398 g/mol. The molecule has 156 valence electrons. The maximum absolute atomic E-state index is 12.6. The summed E-state index contributed by atoms with van der Waals surface area (Å²) in [5.41, 5.74) is 1.84. The van der Waals surface area contributed by atoms with Crippen LogP contribution in [0.2, 0.25) is 0 Å². The molecule has 2 fully saturated rings. The topological polar surface area (TPSA) is 85.2 Å². The lowest BCUT2D eigenvalue weighted by molar-refractivity contribution is -0.125. The molecule has 1 amide bonds. The molecule has 2 aromatic heterocycles. The molecule has 1 N–H and O–H groups in total. The Morgan fingerprint density at radius 1 is 1.21 bits per heavy atom. The third kappa shape index (κ3) is 5.00. The number of likely N-dealkylation sites (tertiary alicyclic amines) is 1. The number of hydrogen-bond acceptors (Lipinski definition) is 6. The van der Waals surface area contributed by atoms with Crippen LogP contribution in [0.4, 0.5) is 0 Å². The lowest BCUT2D eigenvalue weighted by atomic mass is 9.90. The summed E-state index contributed by atoms with van der Waals surface area (Å²) < 4.78 is 7.19. The van der Waals surface area contributed by atoms with Crippen LogP contribution in [0.1, 0.15) is 38.1 Å². The molecule has 1 saturated carbocycles. The maximum Gasteiger partial charge on any atom is 0.224 e. The molecule has 4 rings (SSSR count). The maximum atomic E-state index is 12.6. The minimum Gasteiger partial charge on any atom is -0.383 e. The van der Waals surface area contributed by atoms with Crippen LogP contribution in [0.5, 0.6) is 0 Å². The van der Waals surface area contributed by atoms with Crippen LogP contribution in [0.25, 0.3) is 11.3 Å². The van der Waals surface area contributed by atoms with E-state index in [4.69, 9.17) is 4.74 Å². The summed E-state index contributed by atoms with van der Waals surface area (Å²) in [5.74, 6) is 0.336. The van der Waals surface area contributed by atoms with E-state index >= 15 is 0 Å². The fourth-order valence-electron chi connectivity index (χ4n) is 4.39. The average Bonchev–Trinajstić information content (AvgIpc) is 3.44. The van der Waals surface area contributed by atoms with Crippen molar-refractivity contribution in [3.8, 4) is 11.3 Å². The first kappa shape index (κ1) is 20.0. The molecule has 8 heteroatoms. The van der Waals surface area contributed by atoms with E-state index in [1.165, 1.54) is 0 Å². The van der Waals surface area contributed by atoms with Crippen molar-refractivity contribution in [1.82, 2.24) is 30.0 Å². The normalized spacial score (nSPS) is 25.2. The Bertz CT molecular complexity index is 787. The minimum absolute atomic E-state index is 0.116. The number of carbonyl (C=O) groups excluding carboxylic acids is 1. The predicted molar refractivity (Wildman–Crippen MR) is 109 cm³/mol. The molecule has 0 spiro atoms. The van der Waals surface area contributed by atoms with Crippen molar-refractivity contribution in [1.29, 1.82) is 0 Å². The molecule has 3 heterocycles. The highest BCUT2D eigenvalue weighted by molar-refractivity contribution is 5.79. The SMILES string of the molecule is COCCN1CCC(C(=O)NC2CCC(n3cc(-c4cnccn4)cn3)CC2)C1. The summed E-state index contributed by atoms with van der Waals surface area (Å²) in [6, 6.07) is 0.659. The van der Waals surface area contributed by atoms with Gasteiger partial charge in [-0.25, -0.2) is 0 Å². The van der Waals surface area contributed by atoms with Crippen molar-refractivity contribution in [2.24, 2.45) is 5.92 Å². The van der Waals surface area contributed by atoms with Crippen molar-refractivity contribution >= 4 is 5.91 Å². The third-order valence-electron chi connectivity index (χ3n) is 6.13. The highest BCUT2D eigenvalue weighted by Gasteiger charge is 2.31. The Kier molecular flexibility index (Phi) is 6.51. The quantitative estimate of drug-likeness (QED) is 0.767. The van der Waals surface area contributed by atoms with Crippen LogP contribution < -0.4 is 5.32 Å². The molecular weight excluding hydrogens is 368 g/mol. The van der Waals surface area contributed by atoms with Gasteiger partial charge in [-0.3, -0.25) is 19.4 Å². The molecule has 0 radical (unpaired) electrons. The van der Waals surface area contributed by atoms with Gasteiger partial charge in [0.05, 0.1) is 36.7 Å². The molecule has 1 aliphatic heterocycles. The highest BCUT2D eigenvalue weighted by Crippen LogP contribution is 2.29. The second-order valence-corrected chi connectivity index (χ2v) is 8.09. The van der Waals surface area contributed by atoms with E-state index in [2.05, 4.69) is 31.5 Å². The first-order valence-electron chi connectivity index (χ1n) is 10.5. The standard InChI is InChI=1S/C21H30N6O2/c1-29-11-10-26-9-6-16(14-26)21(28)25-18-2-4-19(5-3-18)27-15-17(12-24-27)20-13-22-7-8-23-20/h7-8,12-13,15-16,18-19H,2-6,9-11,14H2,1H3,(H,25,28). The van der Waals surface area contributed by atoms with Crippen molar-refractivity contribution in [3.63, 3.8) is 0 Å². The molecule has 1 atom stereocenters. The molecule has 8 nitrogen and oxygen atoms in total. The number of methoxy groups -OCH3 is 1. The fourth-order valence-corrected chi connectivity index (χ4v) is 4.39. The zero-order valence-electron chi connectivity index (χ0n) is 17.0. The average molecular weight is 399 g/mol. The van der Waals surface area contributed by atoms with Gasteiger partial charge in [0.1, 0.15) is 0 Å². The molecule has 2 aliphatic rings. The Labute approximate surface area is 171 Å². The zero-order chi connectivity index (χ0) is 20.1. The van der Waals surface area contributed by atoms with Gasteiger partial charge in [0, 0.05) is 50.4 Å². The number of hydrogen-bond donors (Lipinski definition) is 1. The van der Waals surface area contributed by atoms with Crippen molar-refractivity contribution in [3.05, 3.63) is 31.0 Å². The van der Waals surface area contributed by atoms with Gasteiger partial charge >= 0.3 is 0 Å². The van der Waals surface area contributed by atoms with Crippen molar-refractivity contribution in [2.45, 2.75) is 44.2 Å². The fraction of sp³-hybridized carbons (Fsp3) is 0.619. The van der Waals surface area contributed by atoms with Crippen molar-refractivity contribution in [2.75, 3.05) is 33.4 Å². The minimum atomic E-state index is 0.116. The number of amides is 1. The third-order valence-corrected chi connectivity index (χ3v) is 6.13. The highest BCUT2D eigenvalue weighted by atomic mass is 16.5. The van der Waals surface area contributed by atoms with E-state index in [1.54, 1.807) is 25.7 Å². The smallest absolute Gasteiger partial charge is 0.224 e. The van der Waals surface area contributed by atoms with E-state index in [0.29, 0.717) is 6.04 Å². The van der Waals surface area contributed by atoms with Gasteiger partial charge in [-0.05, 0) is 38.6 Å². The van der Waals surface area contributed by atoms with Gasteiger partial charge < -0.3 is 15.0 Å². The Hall–Kier alpha value is -2.32. The second-order valence-electron chi connectivity index (χ2n) is 8.09. The summed E-state index contributed by atoms with van der Waals surface area (Å²) in [4.78, 5) is 23.4. The van der Waals surface area contributed by atoms with E-state index in [9.17, 15) is 4.79 Å². The van der Waals surface area contributed by atoms with Crippen LogP contribution in [0.15, 0.2) is 31.0 Å². The Morgan fingerprint density at radius 3 is 2.83 bits per heavy atom. The number of ether oxygens (including phenoxy) is 1. The lowest BCUT2D eigenvalue weighted by Crippen LogP contribution is -2.42. The van der Waals surface area contributed by atoms with E-state index in [0.717, 1.165) is 69.6 Å². The number of nitrogens with one attached hydrogen (secondary N) is 1.